The molecule has 1 saturated heterocycles. The molecule has 25 heavy (non-hydrogen) atoms. The monoisotopic (exact) mass is 395 g/mol. The Bertz CT molecular complexity index is 511. The summed E-state index contributed by atoms with van der Waals surface area (Å²) in [7, 11) is 3.86. The van der Waals surface area contributed by atoms with Crippen LogP contribution in [0.25, 0.3) is 0 Å². The Hall–Kier alpha value is -0.920. The maximum absolute atomic E-state index is 13.1. The van der Waals surface area contributed by atoms with Crippen molar-refractivity contribution in [1.29, 1.82) is 0 Å². The van der Waals surface area contributed by atoms with Crippen molar-refractivity contribution in [3.63, 3.8) is 0 Å². The molecular weight excluding hydrogens is 368 g/mol. The van der Waals surface area contributed by atoms with Crippen LogP contribution >= 0.6 is 24.8 Å². The maximum Gasteiger partial charge on any atom is 0.237 e. The summed E-state index contributed by atoms with van der Waals surface area (Å²) in [6.07, 6.45) is 1.65. The van der Waals surface area contributed by atoms with E-state index in [2.05, 4.69) is 5.32 Å². The van der Waals surface area contributed by atoms with Crippen LogP contribution in [0.5, 0.6) is 0 Å². The van der Waals surface area contributed by atoms with Crippen LogP contribution < -0.4 is 11.1 Å². The van der Waals surface area contributed by atoms with Crippen molar-refractivity contribution in [3.05, 3.63) is 35.6 Å². The Labute approximate surface area is 161 Å². The molecule has 1 aliphatic heterocycles. The molecule has 0 saturated carbocycles. The third-order valence-electron chi connectivity index (χ3n) is 4.42. The van der Waals surface area contributed by atoms with Crippen LogP contribution in [-0.2, 0) is 9.53 Å². The van der Waals surface area contributed by atoms with Crippen LogP contribution in [0.3, 0.4) is 0 Å². The van der Waals surface area contributed by atoms with Crippen LogP contribution in [0.2, 0.25) is 0 Å². The molecule has 0 aliphatic carbocycles. The lowest BCUT2D eigenvalue weighted by Crippen LogP contribution is -2.48. The normalized spacial score (nSPS) is 17.2. The van der Waals surface area contributed by atoms with E-state index in [0.717, 1.165) is 18.4 Å². The quantitative estimate of drug-likeness (QED) is 0.773. The molecule has 0 aromatic heterocycles. The van der Waals surface area contributed by atoms with Gasteiger partial charge in [-0.3, -0.25) is 4.79 Å². The number of hydrogen-bond donors (Lipinski definition) is 2. The van der Waals surface area contributed by atoms with Gasteiger partial charge in [0.25, 0.3) is 0 Å². The minimum atomic E-state index is -0.505. The van der Waals surface area contributed by atoms with E-state index in [0.29, 0.717) is 19.8 Å². The zero-order chi connectivity index (χ0) is 16.8. The Morgan fingerprint density at radius 3 is 2.36 bits per heavy atom. The van der Waals surface area contributed by atoms with Crippen molar-refractivity contribution >= 4 is 30.7 Å². The van der Waals surface area contributed by atoms with E-state index in [1.54, 1.807) is 12.1 Å². The first-order chi connectivity index (χ1) is 11.0. The van der Waals surface area contributed by atoms with Crippen molar-refractivity contribution in [2.24, 2.45) is 11.7 Å². The highest BCUT2D eigenvalue weighted by Gasteiger charge is 2.27. The summed E-state index contributed by atoms with van der Waals surface area (Å²) < 4.78 is 18.4. The average Bonchev–Trinajstić information content (AvgIpc) is 2.56. The lowest BCUT2D eigenvalue weighted by Gasteiger charge is -2.29. The van der Waals surface area contributed by atoms with Crippen molar-refractivity contribution in [3.8, 4) is 0 Å². The van der Waals surface area contributed by atoms with E-state index >= 15 is 0 Å². The number of benzene rings is 1. The van der Waals surface area contributed by atoms with Gasteiger partial charge in [0.05, 0.1) is 12.1 Å². The van der Waals surface area contributed by atoms with Crippen molar-refractivity contribution in [2.75, 3.05) is 33.9 Å². The molecule has 1 aromatic carbocycles. The summed E-state index contributed by atoms with van der Waals surface area (Å²) in [6, 6.07) is 5.81. The van der Waals surface area contributed by atoms with Crippen molar-refractivity contribution in [1.82, 2.24) is 10.2 Å². The second-order valence-corrected chi connectivity index (χ2v) is 6.25. The van der Waals surface area contributed by atoms with Crippen LogP contribution in [0, 0.1) is 11.7 Å². The Kier molecular flexibility index (Phi) is 11.2. The van der Waals surface area contributed by atoms with E-state index in [1.807, 2.05) is 19.0 Å². The van der Waals surface area contributed by atoms with Crippen LogP contribution in [0.4, 0.5) is 4.39 Å². The van der Waals surface area contributed by atoms with Gasteiger partial charge in [0, 0.05) is 19.8 Å². The molecular formula is C17H28Cl2FN3O2. The van der Waals surface area contributed by atoms with Gasteiger partial charge in [-0.1, -0.05) is 12.1 Å². The highest BCUT2D eigenvalue weighted by Crippen LogP contribution is 2.19. The number of carbonyl (C=O) groups is 1. The van der Waals surface area contributed by atoms with Gasteiger partial charge in [-0.05, 0) is 50.6 Å². The first-order valence-electron chi connectivity index (χ1n) is 8.02. The highest BCUT2D eigenvalue weighted by molar-refractivity contribution is 5.85. The minimum absolute atomic E-state index is 0. The summed E-state index contributed by atoms with van der Waals surface area (Å²) in [6.45, 7) is 1.78. The number of ether oxygens (including phenoxy) is 1. The molecule has 1 fully saturated rings. The number of rotatable bonds is 6. The molecule has 144 valence electrons. The summed E-state index contributed by atoms with van der Waals surface area (Å²) >= 11 is 0. The number of amides is 1. The van der Waals surface area contributed by atoms with E-state index in [4.69, 9.17) is 10.5 Å². The number of likely N-dealkylation sites (N-methyl/N-ethyl adjacent to an activating group) is 1. The third-order valence-corrected chi connectivity index (χ3v) is 4.42. The Morgan fingerprint density at radius 2 is 1.84 bits per heavy atom. The van der Waals surface area contributed by atoms with Crippen LogP contribution in [0.15, 0.2) is 24.3 Å². The van der Waals surface area contributed by atoms with E-state index < -0.39 is 6.04 Å². The topological polar surface area (TPSA) is 67.6 Å². The fourth-order valence-electron chi connectivity index (χ4n) is 2.89. The van der Waals surface area contributed by atoms with Crippen molar-refractivity contribution < 1.29 is 13.9 Å². The second-order valence-electron chi connectivity index (χ2n) is 6.25. The van der Waals surface area contributed by atoms with Gasteiger partial charge in [0.15, 0.2) is 0 Å². The zero-order valence-corrected chi connectivity index (χ0v) is 16.2. The number of halogens is 3. The zero-order valence-electron chi connectivity index (χ0n) is 14.6. The fraction of sp³-hybridized carbons (Fsp3) is 0.588. The number of nitrogens with zero attached hydrogens (tertiary/aromatic N) is 1. The summed E-state index contributed by atoms with van der Waals surface area (Å²) in [5.74, 6) is -0.227. The number of carbonyl (C=O) groups excluding carboxylic acids is 1. The number of nitrogens with one attached hydrogen (secondary N) is 1. The lowest BCUT2D eigenvalue weighted by atomic mass is 9.92. The van der Waals surface area contributed by atoms with Crippen LogP contribution in [0.1, 0.15) is 24.4 Å². The summed E-state index contributed by atoms with van der Waals surface area (Å²) in [5, 5.41) is 2.93. The van der Waals surface area contributed by atoms with E-state index in [-0.39, 0.29) is 48.5 Å². The third kappa shape index (κ3) is 7.07. The largest absolute Gasteiger partial charge is 0.381 e. The number of hydrogen-bond acceptors (Lipinski definition) is 4. The number of nitrogens with two attached hydrogens (primary N) is 1. The Balaban J connectivity index is 0.00000288. The van der Waals surface area contributed by atoms with E-state index in [9.17, 15) is 9.18 Å². The molecule has 0 bridgehead atoms. The van der Waals surface area contributed by atoms with Gasteiger partial charge in [-0.2, -0.15) is 0 Å². The fourth-order valence-corrected chi connectivity index (χ4v) is 2.89. The predicted octanol–water partition coefficient (Wildman–Crippen LogP) is 2.14. The first-order valence-corrected chi connectivity index (χ1v) is 8.02. The van der Waals surface area contributed by atoms with Gasteiger partial charge in [0.1, 0.15) is 5.82 Å². The molecule has 0 radical (unpaired) electrons. The molecule has 5 nitrogen and oxygen atoms in total. The van der Waals surface area contributed by atoms with Gasteiger partial charge in [0.2, 0.25) is 5.91 Å². The molecule has 3 N–H and O–H groups in total. The standard InChI is InChI=1S/C17H26FN3O2.2ClH/c1-21(2)15(12-3-5-14(18)6-4-12)11-20-17(22)16(19)13-7-9-23-10-8-13;;/h3-6,13,15-16H,7-11,19H2,1-2H3,(H,20,22);2*1H. The summed E-state index contributed by atoms with van der Waals surface area (Å²) in [5.41, 5.74) is 7.04. The van der Waals surface area contributed by atoms with Gasteiger partial charge >= 0.3 is 0 Å². The lowest BCUT2D eigenvalue weighted by molar-refractivity contribution is -0.124. The minimum Gasteiger partial charge on any atom is -0.381 e. The smallest absolute Gasteiger partial charge is 0.237 e. The molecule has 1 amide bonds. The predicted molar refractivity (Wildman–Crippen MR) is 102 cm³/mol. The van der Waals surface area contributed by atoms with Crippen LogP contribution in [-0.4, -0.2) is 50.7 Å². The Morgan fingerprint density at radius 1 is 1.28 bits per heavy atom. The first kappa shape index (κ1) is 24.1. The van der Waals surface area contributed by atoms with Gasteiger partial charge in [-0.25, -0.2) is 4.39 Å². The van der Waals surface area contributed by atoms with Crippen molar-refractivity contribution in [2.45, 2.75) is 24.9 Å². The summed E-state index contributed by atoms with van der Waals surface area (Å²) in [4.78, 5) is 14.3. The molecule has 2 atom stereocenters. The molecule has 1 heterocycles. The molecule has 2 rings (SSSR count). The molecule has 1 aliphatic rings. The second kappa shape index (κ2) is 11.6. The SMILES string of the molecule is CN(C)C(CNC(=O)C(N)C1CCOCC1)c1ccc(F)cc1.Cl.Cl. The average molecular weight is 396 g/mol. The maximum atomic E-state index is 13.1. The van der Waals surface area contributed by atoms with E-state index in [1.165, 1.54) is 12.1 Å². The van der Waals surface area contributed by atoms with Gasteiger partial charge < -0.3 is 20.7 Å². The van der Waals surface area contributed by atoms with Gasteiger partial charge in [-0.15, -0.1) is 24.8 Å². The molecule has 1 aromatic rings. The molecule has 8 heteroatoms. The highest BCUT2D eigenvalue weighted by atomic mass is 35.5. The molecule has 0 spiro atoms. The molecule has 2 unspecified atom stereocenters.